The first-order chi connectivity index (χ1) is 11.6. The molecule has 128 valence electrons. The molecule has 2 fully saturated rings. The number of rotatable bonds is 2. The van der Waals surface area contributed by atoms with E-state index in [1.807, 2.05) is 9.80 Å². The number of carbonyl (C=O) groups is 1. The standard InChI is InChI=1S/C15H19N5O3S/c1-10-9-12(21)20-14(16-10)24-15(17-20)19-4-2-3-11(19)13(22)18-5-7-23-8-6-18/h9,11H,2-8H2,1H3/t11-/m1/s1. The summed E-state index contributed by atoms with van der Waals surface area (Å²) >= 11 is 1.36. The highest BCUT2D eigenvalue weighted by molar-refractivity contribution is 7.20. The highest BCUT2D eigenvalue weighted by atomic mass is 32.1. The van der Waals surface area contributed by atoms with Crippen molar-refractivity contribution in [3.63, 3.8) is 0 Å². The summed E-state index contributed by atoms with van der Waals surface area (Å²) in [4.78, 5) is 33.7. The Morgan fingerprint density at radius 2 is 2.12 bits per heavy atom. The molecule has 0 aromatic carbocycles. The molecule has 0 saturated carbocycles. The first-order valence-electron chi connectivity index (χ1n) is 8.14. The Labute approximate surface area is 142 Å². The van der Waals surface area contributed by atoms with E-state index < -0.39 is 0 Å². The third-order valence-corrected chi connectivity index (χ3v) is 5.41. The lowest BCUT2D eigenvalue weighted by atomic mass is 10.2. The molecule has 1 amide bonds. The van der Waals surface area contributed by atoms with Crippen LogP contribution in [0, 0.1) is 6.92 Å². The predicted octanol–water partition coefficient (Wildman–Crippen LogP) is 0.287. The van der Waals surface area contributed by atoms with Crippen molar-refractivity contribution in [1.29, 1.82) is 0 Å². The van der Waals surface area contributed by atoms with Crippen LogP contribution < -0.4 is 10.5 Å². The fraction of sp³-hybridized carbons (Fsp3) is 0.600. The Bertz CT molecular complexity index is 826. The van der Waals surface area contributed by atoms with E-state index in [1.165, 1.54) is 21.9 Å². The van der Waals surface area contributed by atoms with Gasteiger partial charge in [-0.25, -0.2) is 4.98 Å². The van der Waals surface area contributed by atoms with Crippen molar-refractivity contribution in [3.05, 3.63) is 22.1 Å². The van der Waals surface area contributed by atoms with Crippen LogP contribution in [0.3, 0.4) is 0 Å². The van der Waals surface area contributed by atoms with Gasteiger partial charge in [0.2, 0.25) is 16.0 Å². The molecular formula is C15H19N5O3S. The molecule has 0 N–H and O–H groups in total. The number of ether oxygens (including phenoxy) is 1. The zero-order valence-electron chi connectivity index (χ0n) is 13.5. The Morgan fingerprint density at radius 3 is 2.92 bits per heavy atom. The summed E-state index contributed by atoms with van der Waals surface area (Å²) in [5.41, 5.74) is 0.493. The van der Waals surface area contributed by atoms with E-state index in [0.29, 0.717) is 42.1 Å². The highest BCUT2D eigenvalue weighted by Gasteiger charge is 2.36. The Hall–Kier alpha value is -2.00. The molecule has 2 aliphatic heterocycles. The molecule has 24 heavy (non-hydrogen) atoms. The first-order valence-corrected chi connectivity index (χ1v) is 8.96. The quantitative estimate of drug-likeness (QED) is 0.775. The molecule has 4 heterocycles. The second-order valence-corrected chi connectivity index (χ2v) is 7.04. The summed E-state index contributed by atoms with van der Waals surface area (Å²) in [6.07, 6.45) is 1.76. The number of nitrogens with zero attached hydrogens (tertiary/aromatic N) is 5. The van der Waals surface area contributed by atoms with E-state index >= 15 is 0 Å². The van der Waals surface area contributed by atoms with Crippen molar-refractivity contribution in [3.8, 4) is 0 Å². The molecule has 0 bridgehead atoms. The normalized spacial score (nSPS) is 21.6. The van der Waals surface area contributed by atoms with Crippen LogP contribution in [0.5, 0.6) is 0 Å². The van der Waals surface area contributed by atoms with Crippen LogP contribution >= 0.6 is 11.3 Å². The summed E-state index contributed by atoms with van der Waals surface area (Å²) < 4.78 is 6.65. The van der Waals surface area contributed by atoms with Crippen molar-refractivity contribution in [2.75, 3.05) is 37.7 Å². The second kappa shape index (κ2) is 6.14. The summed E-state index contributed by atoms with van der Waals surface area (Å²) in [6.45, 7) is 5.04. The first kappa shape index (κ1) is 15.5. The summed E-state index contributed by atoms with van der Waals surface area (Å²) in [7, 11) is 0. The third kappa shape index (κ3) is 2.67. The van der Waals surface area contributed by atoms with Gasteiger partial charge in [0.05, 0.1) is 13.2 Å². The van der Waals surface area contributed by atoms with Gasteiger partial charge in [-0.05, 0) is 19.8 Å². The number of fused-ring (bicyclic) bond motifs is 1. The molecule has 1 atom stereocenters. The van der Waals surface area contributed by atoms with Crippen LogP contribution in [0.15, 0.2) is 10.9 Å². The van der Waals surface area contributed by atoms with Crippen molar-refractivity contribution >= 4 is 27.3 Å². The minimum absolute atomic E-state index is 0.131. The molecule has 8 nitrogen and oxygen atoms in total. The number of aromatic nitrogens is 3. The number of carbonyl (C=O) groups excluding carboxylic acids is 1. The van der Waals surface area contributed by atoms with Gasteiger partial charge < -0.3 is 14.5 Å². The van der Waals surface area contributed by atoms with Crippen LogP contribution in [0.2, 0.25) is 0 Å². The monoisotopic (exact) mass is 349 g/mol. The predicted molar refractivity (Wildman–Crippen MR) is 89.6 cm³/mol. The number of morpholine rings is 1. The van der Waals surface area contributed by atoms with E-state index in [1.54, 1.807) is 6.92 Å². The second-order valence-electron chi connectivity index (χ2n) is 6.10. The minimum Gasteiger partial charge on any atom is -0.378 e. The molecular weight excluding hydrogens is 330 g/mol. The average molecular weight is 349 g/mol. The molecule has 2 aromatic heterocycles. The lowest BCUT2D eigenvalue weighted by Crippen LogP contribution is -2.49. The lowest BCUT2D eigenvalue weighted by molar-refractivity contribution is -0.136. The number of anilines is 1. The zero-order chi connectivity index (χ0) is 16.7. The molecule has 0 spiro atoms. The fourth-order valence-electron chi connectivity index (χ4n) is 3.27. The number of amides is 1. The van der Waals surface area contributed by atoms with Gasteiger partial charge in [0.1, 0.15) is 6.04 Å². The van der Waals surface area contributed by atoms with Gasteiger partial charge in [0.15, 0.2) is 0 Å². The molecule has 2 saturated heterocycles. The van der Waals surface area contributed by atoms with Gasteiger partial charge in [-0.1, -0.05) is 11.3 Å². The average Bonchev–Trinajstić information content (AvgIpc) is 3.21. The third-order valence-electron chi connectivity index (χ3n) is 4.47. The SMILES string of the molecule is Cc1cc(=O)n2nc(N3CCC[C@@H]3C(=O)N3CCOCC3)sc2n1. The lowest BCUT2D eigenvalue weighted by Gasteiger charge is -2.32. The van der Waals surface area contributed by atoms with Gasteiger partial charge >= 0.3 is 0 Å². The van der Waals surface area contributed by atoms with Crippen LogP contribution in [0.25, 0.3) is 4.96 Å². The van der Waals surface area contributed by atoms with Crippen LogP contribution in [0.4, 0.5) is 5.13 Å². The van der Waals surface area contributed by atoms with Crippen LogP contribution in [-0.4, -0.2) is 64.3 Å². The van der Waals surface area contributed by atoms with Crippen molar-refractivity contribution in [1.82, 2.24) is 19.5 Å². The molecule has 4 rings (SSSR count). The number of hydrogen-bond donors (Lipinski definition) is 0. The van der Waals surface area contributed by atoms with Gasteiger partial charge in [-0.2, -0.15) is 4.52 Å². The smallest absolute Gasteiger partial charge is 0.275 e. The Kier molecular flexibility index (Phi) is 3.97. The molecule has 0 radical (unpaired) electrons. The van der Waals surface area contributed by atoms with Crippen LogP contribution in [-0.2, 0) is 9.53 Å². The van der Waals surface area contributed by atoms with E-state index in [4.69, 9.17) is 4.74 Å². The van der Waals surface area contributed by atoms with Crippen molar-refractivity contribution < 1.29 is 9.53 Å². The van der Waals surface area contributed by atoms with Gasteiger partial charge in [-0.3, -0.25) is 9.59 Å². The molecule has 2 aromatic rings. The Balaban J connectivity index is 1.64. The highest BCUT2D eigenvalue weighted by Crippen LogP contribution is 2.30. The van der Waals surface area contributed by atoms with Crippen molar-refractivity contribution in [2.24, 2.45) is 0 Å². The van der Waals surface area contributed by atoms with Crippen LogP contribution in [0.1, 0.15) is 18.5 Å². The Morgan fingerprint density at radius 1 is 1.33 bits per heavy atom. The largest absolute Gasteiger partial charge is 0.378 e. The van der Waals surface area contributed by atoms with Crippen molar-refractivity contribution in [2.45, 2.75) is 25.8 Å². The molecule has 9 heteroatoms. The van der Waals surface area contributed by atoms with Gasteiger partial charge in [0.25, 0.3) is 5.56 Å². The number of hydrogen-bond acceptors (Lipinski definition) is 7. The maximum absolute atomic E-state index is 12.8. The van der Waals surface area contributed by atoms with E-state index in [9.17, 15) is 9.59 Å². The summed E-state index contributed by atoms with van der Waals surface area (Å²) in [5.74, 6) is 0.131. The molecule has 2 aliphatic rings. The fourth-order valence-corrected chi connectivity index (χ4v) is 4.30. The van der Waals surface area contributed by atoms with Gasteiger partial charge in [-0.15, -0.1) is 5.10 Å². The van der Waals surface area contributed by atoms with E-state index in [-0.39, 0.29) is 17.5 Å². The van der Waals surface area contributed by atoms with Gasteiger partial charge in [0, 0.05) is 31.4 Å². The van der Waals surface area contributed by atoms with E-state index in [2.05, 4.69) is 10.1 Å². The van der Waals surface area contributed by atoms with E-state index in [0.717, 1.165) is 19.4 Å². The zero-order valence-corrected chi connectivity index (χ0v) is 14.3. The maximum atomic E-state index is 12.8. The summed E-state index contributed by atoms with van der Waals surface area (Å²) in [5, 5.41) is 5.09. The maximum Gasteiger partial charge on any atom is 0.275 e. The summed E-state index contributed by atoms with van der Waals surface area (Å²) in [6, 6.07) is 1.26. The minimum atomic E-state index is -0.208. The molecule has 0 unspecified atom stereocenters. The number of aryl methyl sites for hydroxylation is 1. The topological polar surface area (TPSA) is 80.0 Å². The molecule has 0 aliphatic carbocycles.